The van der Waals surface area contributed by atoms with E-state index >= 15 is 0 Å². The zero-order valence-electron chi connectivity index (χ0n) is 26.8. The lowest BCUT2D eigenvalue weighted by atomic mass is 9.48. The highest BCUT2D eigenvalue weighted by Gasteiger charge is 2.73. The lowest BCUT2D eigenvalue weighted by Gasteiger charge is -2.65. The van der Waals surface area contributed by atoms with Crippen molar-refractivity contribution in [2.75, 3.05) is 19.6 Å². The van der Waals surface area contributed by atoms with Crippen molar-refractivity contribution in [3.63, 3.8) is 0 Å². The molecule has 9 heteroatoms. The molecular formula is C39H41F3N2O4. The predicted molar refractivity (Wildman–Crippen MR) is 176 cm³/mol. The first kappa shape index (κ1) is 31.4. The van der Waals surface area contributed by atoms with E-state index in [4.69, 9.17) is 4.74 Å². The van der Waals surface area contributed by atoms with Gasteiger partial charge in [0.05, 0.1) is 22.6 Å². The molecule has 8 rings (SSSR count). The van der Waals surface area contributed by atoms with Gasteiger partial charge in [-0.3, -0.25) is 9.69 Å². The topological polar surface area (TPSA) is 73.2 Å². The summed E-state index contributed by atoms with van der Waals surface area (Å²) in [5.41, 5.74) is 0.792. The Labute approximate surface area is 278 Å². The number of aryl methyl sites for hydroxylation is 1. The Morgan fingerprint density at radius 2 is 1.85 bits per heavy atom. The van der Waals surface area contributed by atoms with Crippen molar-refractivity contribution in [1.29, 1.82) is 0 Å². The fraction of sp³-hybridized carbons (Fsp3) is 0.462. The highest BCUT2D eigenvalue weighted by atomic mass is 19.4. The van der Waals surface area contributed by atoms with Crippen LogP contribution in [0.4, 0.5) is 13.2 Å². The number of nitrogens with zero attached hydrogens (tertiary/aromatic N) is 2. The van der Waals surface area contributed by atoms with Gasteiger partial charge in [0.1, 0.15) is 6.10 Å². The van der Waals surface area contributed by atoms with Crippen LogP contribution < -0.4 is 4.74 Å². The Morgan fingerprint density at radius 3 is 2.62 bits per heavy atom. The molecule has 2 N–H and O–H groups in total. The van der Waals surface area contributed by atoms with E-state index in [1.165, 1.54) is 31.1 Å². The fourth-order valence-corrected chi connectivity index (χ4v) is 9.39. The number of ether oxygens (including phenoxy) is 1. The van der Waals surface area contributed by atoms with E-state index in [1.807, 2.05) is 29.2 Å². The summed E-state index contributed by atoms with van der Waals surface area (Å²) in [5.74, 6) is 0.833. The van der Waals surface area contributed by atoms with Crippen molar-refractivity contribution in [3.8, 4) is 11.5 Å². The first-order valence-corrected chi connectivity index (χ1v) is 17.3. The van der Waals surface area contributed by atoms with Gasteiger partial charge >= 0.3 is 6.18 Å². The third-order valence-electron chi connectivity index (χ3n) is 11.8. The Balaban J connectivity index is 1.15. The van der Waals surface area contributed by atoms with E-state index < -0.39 is 34.9 Å². The number of hydrogen-bond acceptors (Lipinski definition) is 5. The number of phenolic OH excluding ortho intramolecular Hbond substituents is 1. The van der Waals surface area contributed by atoms with Gasteiger partial charge in [0.25, 0.3) is 0 Å². The number of alkyl halides is 3. The third-order valence-corrected chi connectivity index (χ3v) is 11.8. The molecule has 5 aliphatic rings. The van der Waals surface area contributed by atoms with Crippen LogP contribution in [-0.2, 0) is 29.2 Å². The van der Waals surface area contributed by atoms with Crippen molar-refractivity contribution >= 4 is 12.0 Å². The average Bonchev–Trinajstić information content (AvgIpc) is 3.82. The summed E-state index contributed by atoms with van der Waals surface area (Å²) >= 11 is 0. The molecule has 1 amide bonds. The molecule has 3 aromatic carbocycles. The number of piperidine rings is 1. The van der Waals surface area contributed by atoms with Crippen LogP contribution in [0, 0.1) is 5.92 Å². The van der Waals surface area contributed by atoms with Crippen LogP contribution in [0.15, 0.2) is 72.8 Å². The zero-order chi connectivity index (χ0) is 33.3. The molecule has 0 radical (unpaired) electrons. The molecule has 2 bridgehead atoms. The van der Waals surface area contributed by atoms with Crippen LogP contribution in [0.1, 0.15) is 66.3 Å². The second-order valence-electron chi connectivity index (χ2n) is 14.5. The molecule has 2 aliphatic heterocycles. The van der Waals surface area contributed by atoms with Crippen LogP contribution in [0.3, 0.4) is 0 Å². The van der Waals surface area contributed by atoms with Gasteiger partial charge in [-0.1, -0.05) is 48.5 Å². The van der Waals surface area contributed by atoms with Crippen molar-refractivity contribution < 1.29 is 32.9 Å². The summed E-state index contributed by atoms with van der Waals surface area (Å²) < 4.78 is 47.0. The molecule has 48 heavy (non-hydrogen) atoms. The van der Waals surface area contributed by atoms with E-state index in [9.17, 15) is 28.2 Å². The Bertz CT molecular complexity index is 1740. The number of aliphatic hydroxyl groups is 1. The van der Waals surface area contributed by atoms with Crippen molar-refractivity contribution in [1.82, 2.24) is 9.80 Å². The minimum Gasteiger partial charge on any atom is -0.504 e. The average molecular weight is 659 g/mol. The Morgan fingerprint density at radius 1 is 1.04 bits per heavy atom. The van der Waals surface area contributed by atoms with Gasteiger partial charge in [-0.05, 0) is 105 Å². The van der Waals surface area contributed by atoms with E-state index in [0.717, 1.165) is 48.3 Å². The first-order chi connectivity index (χ1) is 23.1. The van der Waals surface area contributed by atoms with Gasteiger partial charge in [-0.15, -0.1) is 0 Å². The predicted octanol–water partition coefficient (Wildman–Crippen LogP) is 6.52. The molecule has 1 spiro atoms. The maximum Gasteiger partial charge on any atom is 0.416 e. The number of aromatic hydroxyl groups is 1. The van der Waals surface area contributed by atoms with Crippen LogP contribution >= 0.6 is 0 Å². The second-order valence-corrected chi connectivity index (χ2v) is 14.5. The van der Waals surface area contributed by atoms with Crippen LogP contribution in [0.2, 0.25) is 0 Å². The van der Waals surface area contributed by atoms with Gasteiger partial charge < -0.3 is 19.8 Å². The largest absolute Gasteiger partial charge is 0.504 e. The van der Waals surface area contributed by atoms with Crippen molar-refractivity contribution in [2.24, 2.45) is 5.92 Å². The summed E-state index contributed by atoms with van der Waals surface area (Å²) in [6.45, 7) is 2.19. The molecular weight excluding hydrogens is 617 g/mol. The maximum absolute atomic E-state index is 14.2. The standard InChI is InChI=1S/C39H41F3N2O4/c40-39(41,42)29-10-4-8-26(22-29)13-16-33(46)44(20-5-9-25-6-2-1-3-7-25)30-17-18-38(47)32-23-28-14-15-31(45)35-34(28)37(38,36(30)48-35)19-21-43(32)24-27-11-12-27/h1-4,6-8,10,13-16,22,27,30,32,36,45,47H,5,9,11-12,17-21,23-24H2/t30-,32+,36-,37-,38+/m0/s1. The normalized spacial score (nSPS) is 29.0. The number of amides is 1. The quantitative estimate of drug-likeness (QED) is 0.256. The molecule has 6 nitrogen and oxygen atoms in total. The third kappa shape index (κ3) is 5.12. The number of likely N-dealkylation sites (tertiary alicyclic amines) is 1. The molecule has 1 saturated heterocycles. The highest BCUT2D eigenvalue weighted by Crippen LogP contribution is 2.66. The fourth-order valence-electron chi connectivity index (χ4n) is 9.39. The molecule has 3 fully saturated rings. The molecule has 3 aromatic rings. The lowest BCUT2D eigenvalue weighted by Crippen LogP contribution is -2.78. The van der Waals surface area contributed by atoms with Gasteiger partial charge in [0.15, 0.2) is 11.5 Å². The molecule has 3 aliphatic carbocycles. The van der Waals surface area contributed by atoms with Crippen LogP contribution in [-0.4, -0.2) is 69.3 Å². The van der Waals surface area contributed by atoms with Crippen LogP contribution in [0.5, 0.6) is 11.5 Å². The molecule has 0 aromatic heterocycles. The van der Waals surface area contributed by atoms with E-state index in [-0.39, 0.29) is 23.3 Å². The summed E-state index contributed by atoms with van der Waals surface area (Å²) in [7, 11) is 0. The minimum absolute atomic E-state index is 0.0453. The van der Waals surface area contributed by atoms with Crippen molar-refractivity contribution in [2.45, 2.75) is 86.7 Å². The lowest BCUT2D eigenvalue weighted by molar-refractivity contribution is -0.201. The highest BCUT2D eigenvalue weighted by molar-refractivity contribution is 5.92. The zero-order valence-corrected chi connectivity index (χ0v) is 26.8. The van der Waals surface area contributed by atoms with Gasteiger partial charge in [-0.25, -0.2) is 0 Å². The van der Waals surface area contributed by atoms with Gasteiger partial charge in [0.2, 0.25) is 5.91 Å². The van der Waals surface area contributed by atoms with E-state index in [2.05, 4.69) is 17.0 Å². The van der Waals surface area contributed by atoms with E-state index in [1.54, 1.807) is 12.1 Å². The van der Waals surface area contributed by atoms with E-state index in [0.29, 0.717) is 50.3 Å². The smallest absolute Gasteiger partial charge is 0.416 e. The Kier molecular flexibility index (Phi) is 7.64. The number of hydrogen-bond donors (Lipinski definition) is 2. The molecule has 2 saturated carbocycles. The monoisotopic (exact) mass is 658 g/mol. The minimum atomic E-state index is -4.49. The number of phenols is 1. The van der Waals surface area contributed by atoms with Crippen molar-refractivity contribution in [3.05, 3.63) is 101 Å². The number of rotatable bonds is 9. The maximum atomic E-state index is 14.2. The molecule has 252 valence electrons. The summed E-state index contributed by atoms with van der Waals surface area (Å²) in [6, 6.07) is 18.2. The summed E-state index contributed by atoms with van der Waals surface area (Å²) in [4.78, 5) is 18.5. The second kappa shape index (κ2) is 11.7. The number of carbonyl (C=O) groups excluding carboxylic acids is 1. The number of carbonyl (C=O) groups is 1. The number of benzene rings is 3. The van der Waals surface area contributed by atoms with Gasteiger partial charge in [0, 0.05) is 30.8 Å². The first-order valence-electron chi connectivity index (χ1n) is 17.3. The SMILES string of the molecule is O=C(C=Cc1cccc(C(F)(F)F)c1)N(CCCc1ccccc1)[C@H]1CC[C@@]2(O)[C@H]3Cc4ccc(O)c5c4[C@@]2(CCN3CC2CC2)[C@H]1O5. The summed E-state index contributed by atoms with van der Waals surface area (Å²) in [6.07, 6.45) is 3.96. The summed E-state index contributed by atoms with van der Waals surface area (Å²) in [5, 5.41) is 24.0. The van der Waals surface area contributed by atoms with Gasteiger partial charge in [-0.2, -0.15) is 13.2 Å². The molecule has 0 unspecified atom stereocenters. The number of halogens is 3. The Hall–Kier alpha value is -3.82. The molecule has 2 heterocycles. The van der Waals surface area contributed by atoms with Crippen LogP contribution in [0.25, 0.3) is 6.08 Å². The molecule has 5 atom stereocenters.